The fraction of sp³-hybridized carbons (Fsp3) is 0.0952. The maximum atomic E-state index is 13.2. The quantitative estimate of drug-likeness (QED) is 0.462. The first-order chi connectivity index (χ1) is 14.8. The van der Waals surface area contributed by atoms with E-state index in [-0.39, 0.29) is 16.6 Å². The van der Waals surface area contributed by atoms with E-state index in [0.717, 1.165) is 21.7 Å². The minimum absolute atomic E-state index is 0.179. The van der Waals surface area contributed by atoms with Crippen molar-refractivity contribution in [1.29, 1.82) is 0 Å². The summed E-state index contributed by atoms with van der Waals surface area (Å²) >= 11 is 6.09. The van der Waals surface area contributed by atoms with Crippen LogP contribution in [-0.4, -0.2) is 27.3 Å². The van der Waals surface area contributed by atoms with Crippen molar-refractivity contribution in [1.82, 2.24) is 14.8 Å². The molecule has 2 aromatic heterocycles. The van der Waals surface area contributed by atoms with Gasteiger partial charge in [0.15, 0.2) is 12.3 Å². The van der Waals surface area contributed by atoms with E-state index in [1.54, 1.807) is 42.6 Å². The summed E-state index contributed by atoms with van der Waals surface area (Å²) in [6.45, 7) is -0.529. The number of pyridine rings is 1. The van der Waals surface area contributed by atoms with Crippen molar-refractivity contribution in [2.45, 2.75) is 6.18 Å². The molecule has 31 heavy (non-hydrogen) atoms. The van der Waals surface area contributed by atoms with Crippen LogP contribution < -0.4 is 10.1 Å². The zero-order valence-corrected chi connectivity index (χ0v) is 16.5. The molecule has 2 heterocycles. The van der Waals surface area contributed by atoms with E-state index < -0.39 is 24.4 Å². The molecule has 4 rings (SSSR count). The highest BCUT2D eigenvalue weighted by atomic mass is 35.5. The third kappa shape index (κ3) is 4.61. The molecule has 0 aliphatic carbocycles. The monoisotopic (exact) mass is 446 g/mol. The van der Waals surface area contributed by atoms with Gasteiger partial charge in [0.2, 0.25) is 5.88 Å². The molecule has 0 radical (unpaired) electrons. The lowest BCUT2D eigenvalue weighted by Gasteiger charge is -2.11. The number of alkyl halides is 3. The zero-order chi connectivity index (χ0) is 22.0. The molecule has 4 aromatic rings. The first-order valence-electron chi connectivity index (χ1n) is 9.01. The molecule has 1 N–H and O–H groups in total. The van der Waals surface area contributed by atoms with Crippen molar-refractivity contribution >= 4 is 34.1 Å². The van der Waals surface area contributed by atoms with Gasteiger partial charge in [-0.25, -0.2) is 0 Å². The van der Waals surface area contributed by atoms with E-state index in [9.17, 15) is 18.0 Å². The Morgan fingerprint density at radius 1 is 1.10 bits per heavy atom. The van der Waals surface area contributed by atoms with Gasteiger partial charge in [0.1, 0.15) is 0 Å². The van der Waals surface area contributed by atoms with E-state index in [1.165, 1.54) is 12.1 Å². The Labute approximate surface area is 179 Å². The highest BCUT2D eigenvalue weighted by molar-refractivity contribution is 6.32. The van der Waals surface area contributed by atoms with E-state index in [2.05, 4.69) is 15.4 Å². The standard InChI is InChI=1S/C21H14ClF3N4O2/c22-15-5-1-2-6-17(15)29-20(11-18(28-29)21(23,24)25)31-12-19(30)27-14-7-8-16-13(10-14)4-3-9-26-16/h1-11H,12H2,(H,27,30). The molecule has 6 nitrogen and oxygen atoms in total. The number of hydrogen-bond donors (Lipinski definition) is 1. The Balaban J connectivity index is 1.53. The number of nitrogens with one attached hydrogen (secondary N) is 1. The topological polar surface area (TPSA) is 69.0 Å². The highest BCUT2D eigenvalue weighted by Crippen LogP contribution is 2.33. The van der Waals surface area contributed by atoms with Crippen LogP contribution in [0.4, 0.5) is 18.9 Å². The maximum Gasteiger partial charge on any atom is 0.435 e. The molecule has 0 spiro atoms. The summed E-state index contributed by atoms with van der Waals surface area (Å²) in [6, 6.07) is 15.7. The number of para-hydroxylation sites is 1. The molecule has 0 fully saturated rings. The minimum Gasteiger partial charge on any atom is -0.467 e. The molecule has 0 saturated carbocycles. The average Bonchev–Trinajstić information content (AvgIpc) is 3.17. The van der Waals surface area contributed by atoms with Gasteiger partial charge in [0.25, 0.3) is 5.91 Å². The van der Waals surface area contributed by atoms with Gasteiger partial charge in [-0.3, -0.25) is 9.78 Å². The van der Waals surface area contributed by atoms with Gasteiger partial charge in [0.05, 0.1) is 16.2 Å². The van der Waals surface area contributed by atoms with Crippen LogP contribution in [0.1, 0.15) is 5.69 Å². The van der Waals surface area contributed by atoms with Crippen molar-refractivity contribution in [3.63, 3.8) is 0 Å². The summed E-state index contributed by atoms with van der Waals surface area (Å²) in [4.78, 5) is 16.5. The molecule has 0 unspecified atom stereocenters. The van der Waals surface area contributed by atoms with Crippen LogP contribution in [0.3, 0.4) is 0 Å². The number of halogens is 4. The predicted octanol–water partition coefficient (Wildman–Crippen LogP) is 5.11. The number of anilines is 1. The molecule has 0 aliphatic heterocycles. The van der Waals surface area contributed by atoms with E-state index in [0.29, 0.717) is 5.69 Å². The Hall–Kier alpha value is -3.59. The van der Waals surface area contributed by atoms with Crippen LogP contribution in [0.2, 0.25) is 5.02 Å². The number of aromatic nitrogens is 3. The summed E-state index contributed by atoms with van der Waals surface area (Å²) in [6.07, 6.45) is -3.03. The molecular formula is C21H14ClF3N4O2. The second-order valence-electron chi connectivity index (χ2n) is 6.48. The number of rotatable bonds is 5. The van der Waals surface area contributed by atoms with Crippen LogP contribution in [-0.2, 0) is 11.0 Å². The summed E-state index contributed by atoms with van der Waals surface area (Å²) in [5.41, 5.74) is 0.298. The Bertz CT molecular complexity index is 1260. The van der Waals surface area contributed by atoms with Gasteiger partial charge >= 0.3 is 6.18 Å². The largest absolute Gasteiger partial charge is 0.467 e. The van der Waals surface area contributed by atoms with Crippen molar-refractivity contribution < 1.29 is 22.7 Å². The van der Waals surface area contributed by atoms with E-state index in [1.807, 2.05) is 6.07 Å². The second-order valence-corrected chi connectivity index (χ2v) is 6.88. The number of hydrogen-bond acceptors (Lipinski definition) is 4. The molecule has 10 heteroatoms. The van der Waals surface area contributed by atoms with Crippen molar-refractivity contribution in [2.75, 3.05) is 11.9 Å². The van der Waals surface area contributed by atoms with Crippen LogP contribution >= 0.6 is 11.6 Å². The molecule has 2 aromatic carbocycles. The summed E-state index contributed by atoms with van der Waals surface area (Å²) in [5.74, 6) is -0.818. The second kappa shape index (κ2) is 8.27. The van der Waals surface area contributed by atoms with Crippen LogP contribution in [0, 0.1) is 0 Å². The van der Waals surface area contributed by atoms with Crippen molar-refractivity contribution in [3.8, 4) is 11.6 Å². The first kappa shape index (κ1) is 20.7. The smallest absolute Gasteiger partial charge is 0.435 e. The summed E-state index contributed by atoms with van der Waals surface area (Å²) in [5, 5.41) is 7.20. The van der Waals surface area contributed by atoms with Crippen molar-refractivity contribution in [2.24, 2.45) is 0 Å². The number of amides is 1. The van der Waals surface area contributed by atoms with E-state index in [4.69, 9.17) is 16.3 Å². The molecule has 1 amide bonds. The van der Waals surface area contributed by atoms with Gasteiger partial charge in [0, 0.05) is 23.3 Å². The van der Waals surface area contributed by atoms with Crippen LogP contribution in [0.5, 0.6) is 5.88 Å². The Kier molecular flexibility index (Phi) is 5.51. The maximum absolute atomic E-state index is 13.2. The third-order valence-corrected chi connectivity index (χ3v) is 4.61. The highest BCUT2D eigenvalue weighted by Gasteiger charge is 2.36. The number of ether oxygens (including phenoxy) is 1. The van der Waals surface area contributed by atoms with Gasteiger partial charge in [-0.2, -0.15) is 23.0 Å². The molecule has 0 aliphatic rings. The molecule has 0 saturated heterocycles. The average molecular weight is 447 g/mol. The minimum atomic E-state index is -4.69. The van der Waals surface area contributed by atoms with Gasteiger partial charge in [-0.05, 0) is 36.4 Å². The Morgan fingerprint density at radius 2 is 1.90 bits per heavy atom. The van der Waals surface area contributed by atoms with Gasteiger partial charge in [-0.1, -0.05) is 29.8 Å². The summed E-state index contributed by atoms with van der Waals surface area (Å²) < 4.78 is 45.8. The molecular weight excluding hydrogens is 433 g/mol. The number of carbonyl (C=O) groups excluding carboxylic acids is 1. The van der Waals surface area contributed by atoms with E-state index >= 15 is 0 Å². The van der Waals surface area contributed by atoms with Crippen molar-refractivity contribution in [3.05, 3.63) is 77.6 Å². The number of benzene rings is 2. The lowest BCUT2D eigenvalue weighted by molar-refractivity contribution is -0.141. The predicted molar refractivity (Wildman–Crippen MR) is 109 cm³/mol. The molecule has 0 atom stereocenters. The zero-order valence-electron chi connectivity index (χ0n) is 15.7. The number of carbonyl (C=O) groups is 1. The van der Waals surface area contributed by atoms with Gasteiger partial charge in [-0.15, -0.1) is 0 Å². The van der Waals surface area contributed by atoms with Crippen LogP contribution in [0.25, 0.3) is 16.6 Å². The first-order valence-corrected chi connectivity index (χ1v) is 9.39. The molecule has 158 valence electrons. The lowest BCUT2D eigenvalue weighted by Crippen LogP contribution is -2.21. The number of nitrogens with zero attached hydrogens (tertiary/aromatic N) is 3. The fourth-order valence-corrected chi connectivity index (χ4v) is 3.11. The van der Waals surface area contributed by atoms with Crippen LogP contribution in [0.15, 0.2) is 66.9 Å². The SMILES string of the molecule is O=C(COc1cc(C(F)(F)F)nn1-c1ccccc1Cl)Nc1ccc2ncccc2c1. The Morgan fingerprint density at radius 3 is 2.68 bits per heavy atom. The molecule has 0 bridgehead atoms. The summed E-state index contributed by atoms with van der Waals surface area (Å²) in [7, 11) is 0. The lowest BCUT2D eigenvalue weighted by atomic mass is 10.2. The normalized spacial score (nSPS) is 11.5. The van der Waals surface area contributed by atoms with Gasteiger partial charge < -0.3 is 10.1 Å². The fourth-order valence-electron chi connectivity index (χ4n) is 2.89. The third-order valence-electron chi connectivity index (χ3n) is 4.29. The number of fused-ring (bicyclic) bond motifs is 1.